The van der Waals surface area contributed by atoms with E-state index in [1.54, 1.807) is 0 Å². The topological polar surface area (TPSA) is 78.4 Å². The molecule has 0 aliphatic heterocycles. The highest BCUT2D eigenvalue weighted by atomic mass is 32.2. The van der Waals surface area contributed by atoms with Crippen LogP contribution in [0.15, 0.2) is 6.20 Å². The minimum Gasteiger partial charge on any atom is -0.480 e. The van der Waals surface area contributed by atoms with E-state index >= 15 is 0 Å². The number of hydrogen-bond acceptors (Lipinski definition) is 6. The van der Waals surface area contributed by atoms with Gasteiger partial charge in [0.1, 0.15) is 6.61 Å². The Hall–Kier alpha value is -1.42. The van der Waals surface area contributed by atoms with Gasteiger partial charge in [-0.25, -0.2) is 4.98 Å². The maximum atomic E-state index is 12.6. The summed E-state index contributed by atoms with van der Waals surface area (Å²) in [5.41, 5.74) is -1.97. The van der Waals surface area contributed by atoms with Crippen LogP contribution in [-0.2, 0) is 27.1 Å². The van der Waals surface area contributed by atoms with Crippen LogP contribution in [0.5, 0.6) is 5.88 Å². The van der Waals surface area contributed by atoms with Gasteiger partial charge in [0.15, 0.2) is 5.69 Å². The molecule has 0 amide bonds. The summed E-state index contributed by atoms with van der Waals surface area (Å²) in [5, 5.41) is 0. The smallest absolute Gasteiger partial charge is 0.435 e. The third kappa shape index (κ3) is 4.11. The Morgan fingerprint density at radius 3 is 2.44 bits per heavy atom. The Bertz CT molecular complexity index is 530. The first kappa shape index (κ1) is 14.6. The molecule has 0 aliphatic rings. The summed E-state index contributed by atoms with van der Waals surface area (Å²) in [6.45, 7) is -0.843. The average Bonchev–Trinajstić information content (AvgIpc) is 2.24. The summed E-state index contributed by atoms with van der Waals surface area (Å²) in [7, 11) is -2.73. The summed E-state index contributed by atoms with van der Waals surface area (Å²) in [5.74, 6) is -0.328. The van der Waals surface area contributed by atoms with Gasteiger partial charge in [-0.1, -0.05) is 0 Å². The van der Waals surface area contributed by atoms with Crippen molar-refractivity contribution in [3.8, 4) is 5.88 Å². The number of ether oxygens (including phenoxy) is 1. The molecule has 0 radical (unpaired) electrons. The second kappa shape index (κ2) is 5.06. The minimum atomic E-state index is -4.78. The lowest BCUT2D eigenvalue weighted by Gasteiger charge is -2.11. The number of hydrogen-bond donors (Lipinski definition) is 0. The van der Waals surface area contributed by atoms with Gasteiger partial charge in [-0.05, 0) is 0 Å². The summed E-state index contributed by atoms with van der Waals surface area (Å²) < 4.78 is 68.1. The average molecular weight is 286 g/mol. The van der Waals surface area contributed by atoms with Crippen molar-refractivity contribution in [2.75, 3.05) is 13.4 Å². The van der Waals surface area contributed by atoms with Gasteiger partial charge in [0, 0.05) is 0 Å². The van der Waals surface area contributed by atoms with Crippen molar-refractivity contribution in [3.05, 3.63) is 17.6 Å². The third-order valence-electron chi connectivity index (χ3n) is 1.71. The molecule has 0 unspecified atom stereocenters. The summed E-state index contributed by atoms with van der Waals surface area (Å²) in [6, 6.07) is 0. The van der Waals surface area contributed by atoms with Gasteiger partial charge in [-0.3, -0.25) is 9.17 Å². The van der Waals surface area contributed by atoms with Crippen molar-refractivity contribution >= 4 is 10.1 Å². The van der Waals surface area contributed by atoms with Crippen molar-refractivity contribution in [2.45, 2.75) is 12.8 Å². The molecule has 0 fully saturated rings. The Kier molecular flexibility index (Phi) is 4.12. The van der Waals surface area contributed by atoms with E-state index in [1.165, 1.54) is 0 Å². The van der Waals surface area contributed by atoms with E-state index in [9.17, 15) is 21.6 Å². The van der Waals surface area contributed by atoms with Crippen molar-refractivity contribution in [1.29, 1.82) is 0 Å². The molecule has 0 saturated heterocycles. The molecule has 1 rings (SSSR count). The van der Waals surface area contributed by atoms with Crippen molar-refractivity contribution in [3.63, 3.8) is 0 Å². The van der Waals surface area contributed by atoms with Crippen LogP contribution in [0.1, 0.15) is 11.4 Å². The minimum absolute atomic E-state index is 0.328. The van der Waals surface area contributed by atoms with Crippen molar-refractivity contribution in [1.82, 2.24) is 9.97 Å². The summed E-state index contributed by atoms with van der Waals surface area (Å²) in [4.78, 5) is 6.60. The zero-order chi connectivity index (χ0) is 14.0. The fourth-order valence-corrected chi connectivity index (χ4v) is 1.32. The molecule has 0 bridgehead atoms. The molecular formula is C8H9F3N2O4S. The van der Waals surface area contributed by atoms with Gasteiger partial charge in [0.25, 0.3) is 10.1 Å². The van der Waals surface area contributed by atoms with Gasteiger partial charge in [-0.2, -0.15) is 21.6 Å². The molecule has 0 spiro atoms. The van der Waals surface area contributed by atoms with E-state index < -0.39 is 34.3 Å². The van der Waals surface area contributed by atoms with Crippen LogP contribution in [0.25, 0.3) is 0 Å². The van der Waals surface area contributed by atoms with Gasteiger partial charge in [-0.15, -0.1) is 0 Å². The normalized spacial score (nSPS) is 12.5. The molecule has 1 aromatic rings. The first-order valence-electron chi connectivity index (χ1n) is 4.45. The Balaban J connectivity index is 3.11. The van der Waals surface area contributed by atoms with Crippen molar-refractivity contribution < 1.29 is 30.5 Å². The Labute approximate surface area is 101 Å². The van der Waals surface area contributed by atoms with E-state index in [1.807, 2.05) is 0 Å². The predicted molar refractivity (Wildman–Crippen MR) is 53.2 cm³/mol. The zero-order valence-electron chi connectivity index (χ0n) is 9.35. The van der Waals surface area contributed by atoms with Crippen LogP contribution in [0.4, 0.5) is 13.2 Å². The molecular weight excluding hydrogens is 277 g/mol. The first-order chi connectivity index (χ1) is 8.13. The van der Waals surface area contributed by atoms with Crippen LogP contribution in [-0.4, -0.2) is 31.8 Å². The molecule has 0 aromatic carbocycles. The van der Waals surface area contributed by atoms with Crippen molar-refractivity contribution in [2.24, 2.45) is 0 Å². The molecule has 18 heavy (non-hydrogen) atoms. The number of nitrogens with zero attached hydrogens (tertiary/aromatic N) is 2. The van der Waals surface area contributed by atoms with E-state index in [0.717, 1.165) is 19.6 Å². The number of aromatic nitrogens is 2. The second-order valence-corrected chi connectivity index (χ2v) is 4.82. The lowest BCUT2D eigenvalue weighted by atomic mass is 10.3. The fraction of sp³-hybridized carbons (Fsp3) is 0.500. The monoisotopic (exact) mass is 286 g/mol. The van der Waals surface area contributed by atoms with Crippen LogP contribution in [0.2, 0.25) is 0 Å². The second-order valence-electron chi connectivity index (χ2n) is 3.17. The zero-order valence-corrected chi connectivity index (χ0v) is 10.2. The van der Waals surface area contributed by atoms with E-state index in [-0.39, 0.29) is 5.88 Å². The number of methoxy groups -OCH3 is 1. The molecule has 0 N–H and O–H groups in total. The molecule has 0 aliphatic carbocycles. The van der Waals surface area contributed by atoms with Crippen LogP contribution in [0, 0.1) is 0 Å². The highest BCUT2D eigenvalue weighted by Crippen LogP contribution is 2.31. The quantitative estimate of drug-likeness (QED) is 0.768. The molecule has 0 atom stereocenters. The number of alkyl halides is 3. The molecule has 1 aromatic heterocycles. The Morgan fingerprint density at radius 2 is 2.00 bits per heavy atom. The summed E-state index contributed by atoms with van der Waals surface area (Å²) >= 11 is 0. The highest BCUT2D eigenvalue weighted by Gasteiger charge is 2.37. The highest BCUT2D eigenvalue weighted by molar-refractivity contribution is 7.85. The van der Waals surface area contributed by atoms with Gasteiger partial charge in [0.2, 0.25) is 5.88 Å². The van der Waals surface area contributed by atoms with Gasteiger partial charge >= 0.3 is 6.18 Å². The van der Waals surface area contributed by atoms with Crippen LogP contribution < -0.4 is 4.74 Å². The Morgan fingerprint density at radius 1 is 1.39 bits per heavy atom. The number of rotatable bonds is 4. The SMILES string of the molecule is COc1cnc(COS(C)(=O)=O)c(C(F)(F)F)n1. The molecule has 1 heterocycles. The van der Waals surface area contributed by atoms with Crippen LogP contribution in [0.3, 0.4) is 0 Å². The third-order valence-corrected chi connectivity index (χ3v) is 2.26. The largest absolute Gasteiger partial charge is 0.480 e. The molecule has 6 nitrogen and oxygen atoms in total. The van der Waals surface area contributed by atoms with Crippen LogP contribution >= 0.6 is 0 Å². The lowest BCUT2D eigenvalue weighted by molar-refractivity contribution is -0.142. The molecule has 10 heteroatoms. The van der Waals surface area contributed by atoms with E-state index in [2.05, 4.69) is 18.9 Å². The maximum Gasteiger partial charge on any atom is 0.435 e. The fourth-order valence-electron chi connectivity index (χ4n) is 0.992. The van der Waals surface area contributed by atoms with E-state index in [4.69, 9.17) is 0 Å². The lowest BCUT2D eigenvalue weighted by Crippen LogP contribution is -2.16. The van der Waals surface area contributed by atoms with E-state index in [0.29, 0.717) is 0 Å². The number of halogens is 3. The standard InChI is InChI=1S/C8H9F3N2O4S/c1-16-6-3-12-5(4-17-18(2,14)15)7(13-6)8(9,10)11/h3H,4H2,1-2H3. The maximum absolute atomic E-state index is 12.6. The first-order valence-corrected chi connectivity index (χ1v) is 6.26. The van der Waals surface area contributed by atoms with Gasteiger partial charge < -0.3 is 4.74 Å². The molecule has 102 valence electrons. The predicted octanol–water partition coefficient (Wildman–Crippen LogP) is 0.980. The molecule has 0 saturated carbocycles. The van der Waals surface area contributed by atoms with Gasteiger partial charge in [0.05, 0.1) is 25.3 Å². The summed E-state index contributed by atoms with van der Waals surface area (Å²) in [6.07, 6.45) is -3.12.